The van der Waals surface area contributed by atoms with Crippen molar-refractivity contribution in [2.24, 2.45) is 0 Å². The van der Waals surface area contributed by atoms with Gasteiger partial charge in [0.15, 0.2) is 0 Å². The van der Waals surface area contributed by atoms with Crippen LogP contribution < -0.4 is 9.80 Å². The summed E-state index contributed by atoms with van der Waals surface area (Å²) in [6.45, 7) is 0. The molecule has 1 aliphatic heterocycles. The average molecular weight is 863 g/mol. The van der Waals surface area contributed by atoms with Crippen molar-refractivity contribution < 1.29 is 8.83 Å². The molecule has 0 saturated carbocycles. The average Bonchev–Trinajstić information content (AvgIpc) is 4.05. The smallest absolute Gasteiger partial charge is 0.137 e. The zero-order valence-corrected chi connectivity index (χ0v) is 36.4. The summed E-state index contributed by atoms with van der Waals surface area (Å²) in [5.74, 6) is 0. The topological polar surface area (TPSA) is 32.8 Å². The van der Waals surface area contributed by atoms with E-state index in [1.165, 1.54) is 43.2 Å². The Morgan fingerprint density at radius 1 is 0.333 bits per heavy atom. The number of anilines is 6. The van der Waals surface area contributed by atoms with Gasteiger partial charge in [-0.05, 0) is 130 Å². The maximum atomic E-state index is 6.91. The number of benzene rings is 10. The van der Waals surface area contributed by atoms with Gasteiger partial charge in [-0.2, -0.15) is 0 Å². The van der Waals surface area contributed by atoms with Crippen molar-refractivity contribution in [3.8, 4) is 11.1 Å². The summed E-state index contributed by atoms with van der Waals surface area (Å²) in [5, 5.41) is 4.42. The minimum Gasteiger partial charge on any atom is -0.456 e. The molecule has 3 heterocycles. The normalized spacial score (nSPS) is 13.2. The molecule has 66 heavy (non-hydrogen) atoms. The number of rotatable bonds is 6. The molecule has 0 bridgehead atoms. The SMILES string of the molecule is c1ccc(N(c2ccc3c(c2)C2(c4ccccc4-c4ccccc42)c2ccc4oc5cccc(N(c6ccccc6)c6ccccc6)c5c4c2S3)c2ccc3oc4ccccc4c3c2)cc1. The van der Waals surface area contributed by atoms with Crippen LogP contribution in [-0.4, -0.2) is 0 Å². The number of nitrogens with zero attached hydrogens (tertiary/aromatic N) is 2. The first-order chi connectivity index (χ1) is 32.7. The minimum atomic E-state index is -0.641. The number of furan rings is 2. The molecule has 310 valence electrons. The maximum Gasteiger partial charge on any atom is 0.137 e. The second kappa shape index (κ2) is 14.4. The van der Waals surface area contributed by atoms with Crippen molar-refractivity contribution in [2.75, 3.05) is 9.80 Å². The lowest BCUT2D eigenvalue weighted by molar-refractivity contribution is 0.666. The summed E-state index contributed by atoms with van der Waals surface area (Å²) in [5.41, 5.74) is 16.9. The largest absolute Gasteiger partial charge is 0.456 e. The summed E-state index contributed by atoms with van der Waals surface area (Å²) in [4.78, 5) is 7.18. The number of fused-ring (bicyclic) bond motifs is 16. The molecule has 12 aromatic rings. The standard InChI is InChI=1S/C61H38N2O2S/c1-4-17-39(18-5-1)62(42-31-34-54-47(37-42)46-25-12-15-29-53(46)64-54)43-32-36-57-51(38-43)61(48-26-13-10-23-44(48)45-24-11-14-27-49(45)61)50-33-35-56-59(60(50)66-57)58-52(28-16-30-55(58)65-56)63(40-19-6-2-7-20-40)41-21-8-3-9-22-41/h1-38H. The summed E-state index contributed by atoms with van der Waals surface area (Å²) in [6.07, 6.45) is 0. The summed E-state index contributed by atoms with van der Waals surface area (Å²) in [7, 11) is 0. The van der Waals surface area contributed by atoms with Gasteiger partial charge in [0.25, 0.3) is 0 Å². The molecule has 10 aromatic carbocycles. The molecule has 0 amide bonds. The summed E-state index contributed by atoms with van der Waals surface area (Å²) < 4.78 is 13.2. The van der Waals surface area contributed by atoms with Crippen LogP contribution in [0.25, 0.3) is 55.0 Å². The highest BCUT2D eigenvalue weighted by Gasteiger charge is 2.51. The molecule has 2 aliphatic rings. The number of para-hydroxylation sites is 4. The third kappa shape index (κ3) is 5.29. The van der Waals surface area contributed by atoms with Gasteiger partial charge in [0.1, 0.15) is 22.3 Å². The predicted octanol–water partition coefficient (Wildman–Crippen LogP) is 17.3. The third-order valence-electron chi connectivity index (χ3n) is 13.7. The molecule has 0 fully saturated rings. The van der Waals surface area contributed by atoms with E-state index < -0.39 is 5.41 Å². The number of hydrogen-bond donors (Lipinski definition) is 0. The Bertz CT molecular complexity index is 3790. The molecule has 0 saturated heterocycles. The van der Waals surface area contributed by atoms with Gasteiger partial charge in [-0.25, -0.2) is 0 Å². The van der Waals surface area contributed by atoms with Crippen molar-refractivity contribution in [2.45, 2.75) is 15.2 Å². The van der Waals surface area contributed by atoms with Crippen molar-refractivity contribution in [1.29, 1.82) is 0 Å². The van der Waals surface area contributed by atoms with Crippen molar-refractivity contribution in [3.63, 3.8) is 0 Å². The van der Waals surface area contributed by atoms with E-state index in [1.54, 1.807) is 0 Å². The second-order valence-electron chi connectivity index (χ2n) is 17.1. The molecule has 4 nitrogen and oxygen atoms in total. The van der Waals surface area contributed by atoms with Crippen LogP contribution in [0.2, 0.25) is 0 Å². The van der Waals surface area contributed by atoms with E-state index in [0.29, 0.717) is 0 Å². The van der Waals surface area contributed by atoms with E-state index in [-0.39, 0.29) is 0 Å². The molecule has 0 radical (unpaired) electrons. The third-order valence-corrected chi connectivity index (χ3v) is 14.9. The predicted molar refractivity (Wildman–Crippen MR) is 272 cm³/mol. The Morgan fingerprint density at radius 3 is 1.58 bits per heavy atom. The van der Waals surface area contributed by atoms with Crippen LogP contribution >= 0.6 is 11.8 Å². The first-order valence-corrected chi connectivity index (χ1v) is 23.2. The Morgan fingerprint density at radius 2 is 0.864 bits per heavy atom. The van der Waals surface area contributed by atoms with Crippen LogP contribution in [0.3, 0.4) is 0 Å². The van der Waals surface area contributed by atoms with Crippen LogP contribution in [-0.2, 0) is 5.41 Å². The van der Waals surface area contributed by atoms with E-state index in [0.717, 1.165) is 78.0 Å². The summed E-state index contributed by atoms with van der Waals surface area (Å²) >= 11 is 1.86. The number of hydrogen-bond acceptors (Lipinski definition) is 5. The lowest BCUT2D eigenvalue weighted by Crippen LogP contribution is -2.32. The molecule has 0 atom stereocenters. The van der Waals surface area contributed by atoms with Crippen molar-refractivity contribution in [3.05, 3.63) is 253 Å². The molecule has 2 aromatic heterocycles. The molecule has 1 spiro atoms. The zero-order chi connectivity index (χ0) is 43.3. The van der Waals surface area contributed by atoms with Gasteiger partial charge in [0.2, 0.25) is 0 Å². The fraction of sp³-hybridized carbons (Fsp3) is 0.0164. The maximum absolute atomic E-state index is 6.91. The van der Waals surface area contributed by atoms with E-state index in [4.69, 9.17) is 8.83 Å². The van der Waals surface area contributed by atoms with Crippen LogP contribution in [0.5, 0.6) is 0 Å². The van der Waals surface area contributed by atoms with Gasteiger partial charge < -0.3 is 18.6 Å². The minimum absolute atomic E-state index is 0.641. The van der Waals surface area contributed by atoms with E-state index in [9.17, 15) is 0 Å². The fourth-order valence-corrected chi connectivity index (χ4v) is 12.3. The Hall–Kier alpha value is -8.25. The zero-order valence-electron chi connectivity index (χ0n) is 35.6. The summed E-state index contributed by atoms with van der Waals surface area (Å²) in [6, 6.07) is 83.2. The second-order valence-corrected chi connectivity index (χ2v) is 18.2. The highest BCUT2D eigenvalue weighted by Crippen LogP contribution is 2.64. The molecule has 5 heteroatoms. The fourth-order valence-electron chi connectivity index (χ4n) is 11.0. The van der Waals surface area contributed by atoms with E-state index >= 15 is 0 Å². The highest BCUT2D eigenvalue weighted by atomic mass is 32.2. The van der Waals surface area contributed by atoms with Crippen LogP contribution in [0.4, 0.5) is 34.1 Å². The Balaban J connectivity index is 1.05. The molecular weight excluding hydrogens is 825 g/mol. The quantitative estimate of drug-likeness (QED) is 0.166. The first kappa shape index (κ1) is 37.2. The van der Waals surface area contributed by atoms with E-state index in [2.05, 4.69) is 228 Å². The Kier molecular flexibility index (Phi) is 8.10. The van der Waals surface area contributed by atoms with Gasteiger partial charge >= 0.3 is 0 Å². The van der Waals surface area contributed by atoms with Crippen LogP contribution in [0, 0.1) is 0 Å². The van der Waals surface area contributed by atoms with Crippen LogP contribution in [0.15, 0.2) is 249 Å². The van der Waals surface area contributed by atoms with Gasteiger partial charge in [0.05, 0.1) is 16.5 Å². The van der Waals surface area contributed by atoms with Crippen molar-refractivity contribution >= 4 is 89.8 Å². The lowest BCUT2D eigenvalue weighted by atomic mass is 9.67. The Labute approximate surface area is 385 Å². The molecule has 0 N–H and O–H groups in total. The van der Waals surface area contributed by atoms with Crippen LogP contribution in [0.1, 0.15) is 22.3 Å². The van der Waals surface area contributed by atoms with Gasteiger partial charge in [0, 0.05) is 54.4 Å². The van der Waals surface area contributed by atoms with E-state index in [1.807, 2.05) is 23.9 Å². The molecule has 14 rings (SSSR count). The highest BCUT2D eigenvalue weighted by molar-refractivity contribution is 7.99. The molecule has 0 unspecified atom stereocenters. The monoisotopic (exact) mass is 862 g/mol. The van der Waals surface area contributed by atoms with Crippen molar-refractivity contribution in [1.82, 2.24) is 0 Å². The van der Waals surface area contributed by atoms with Gasteiger partial charge in [-0.3, -0.25) is 0 Å². The molecule has 1 aliphatic carbocycles. The lowest BCUT2D eigenvalue weighted by Gasteiger charge is -2.40. The van der Waals surface area contributed by atoms with Gasteiger partial charge in [-0.15, -0.1) is 0 Å². The van der Waals surface area contributed by atoms with Gasteiger partial charge in [-0.1, -0.05) is 145 Å². The molecular formula is C61H38N2O2S. The first-order valence-electron chi connectivity index (χ1n) is 22.4.